The second-order valence-corrected chi connectivity index (χ2v) is 6.40. The summed E-state index contributed by atoms with van der Waals surface area (Å²) in [6.45, 7) is 4.91. The van der Waals surface area contributed by atoms with Crippen molar-refractivity contribution < 1.29 is 23.5 Å². The normalized spacial score (nSPS) is 11.9. The molecule has 2 aromatic rings. The molecule has 0 aliphatic rings. The van der Waals surface area contributed by atoms with Crippen molar-refractivity contribution in [3.63, 3.8) is 0 Å². The third-order valence-electron chi connectivity index (χ3n) is 4.16. The quantitative estimate of drug-likeness (QED) is 0.556. The molecule has 8 nitrogen and oxygen atoms in total. The number of hydrogen-bond acceptors (Lipinski definition) is 7. The van der Waals surface area contributed by atoms with E-state index in [0.29, 0.717) is 42.8 Å². The smallest absolute Gasteiger partial charge is 0.227 e. The number of carbonyl (C=O) groups is 1. The predicted molar refractivity (Wildman–Crippen MR) is 104 cm³/mol. The van der Waals surface area contributed by atoms with Crippen LogP contribution in [0.4, 0.5) is 0 Å². The number of amides is 1. The van der Waals surface area contributed by atoms with Gasteiger partial charge in [0.1, 0.15) is 6.61 Å². The number of hydrogen-bond donors (Lipinski definition) is 1. The maximum atomic E-state index is 12.3. The Morgan fingerprint density at radius 2 is 2.04 bits per heavy atom. The Balaban J connectivity index is 1.88. The monoisotopic (exact) mass is 391 g/mol. The Morgan fingerprint density at radius 1 is 1.21 bits per heavy atom. The molecule has 8 heteroatoms. The molecule has 1 aromatic carbocycles. The molecule has 0 bridgehead atoms. The topological polar surface area (TPSA) is 95.7 Å². The SMILES string of the molecule is CCCc1noc(CCC(=O)NC(C)c2ccc(OCCOC)c(OC)c2)n1. The molecule has 0 saturated heterocycles. The molecule has 0 aliphatic heterocycles. The molecule has 0 fully saturated rings. The van der Waals surface area contributed by atoms with E-state index < -0.39 is 0 Å². The third kappa shape index (κ3) is 6.53. The van der Waals surface area contributed by atoms with Gasteiger partial charge >= 0.3 is 0 Å². The van der Waals surface area contributed by atoms with Crippen LogP contribution in [0.2, 0.25) is 0 Å². The minimum absolute atomic E-state index is 0.0814. The molecule has 0 saturated carbocycles. The largest absolute Gasteiger partial charge is 0.493 e. The molecule has 0 radical (unpaired) electrons. The first-order chi connectivity index (χ1) is 13.6. The van der Waals surface area contributed by atoms with Crippen molar-refractivity contribution in [2.24, 2.45) is 0 Å². The molecule has 2 rings (SSSR count). The van der Waals surface area contributed by atoms with Gasteiger partial charge in [0.15, 0.2) is 17.3 Å². The number of aryl methyl sites for hydroxylation is 2. The van der Waals surface area contributed by atoms with Crippen LogP contribution in [0.15, 0.2) is 22.7 Å². The first-order valence-electron chi connectivity index (χ1n) is 9.47. The van der Waals surface area contributed by atoms with E-state index in [1.165, 1.54) is 0 Å². The Bertz CT molecular complexity index is 747. The number of nitrogens with zero attached hydrogens (tertiary/aromatic N) is 2. The molecule has 1 unspecified atom stereocenters. The van der Waals surface area contributed by atoms with Gasteiger partial charge in [-0.1, -0.05) is 18.1 Å². The number of ether oxygens (including phenoxy) is 3. The summed E-state index contributed by atoms with van der Waals surface area (Å²) < 4.78 is 21.2. The lowest BCUT2D eigenvalue weighted by Gasteiger charge is -2.17. The van der Waals surface area contributed by atoms with Gasteiger partial charge in [-0.25, -0.2) is 0 Å². The minimum Gasteiger partial charge on any atom is -0.493 e. The molecule has 0 aliphatic carbocycles. The summed E-state index contributed by atoms with van der Waals surface area (Å²) in [4.78, 5) is 16.5. The Labute approximate surface area is 165 Å². The highest BCUT2D eigenvalue weighted by Crippen LogP contribution is 2.30. The second-order valence-electron chi connectivity index (χ2n) is 6.40. The Hall–Kier alpha value is -2.61. The van der Waals surface area contributed by atoms with Gasteiger partial charge in [-0.2, -0.15) is 4.98 Å². The summed E-state index contributed by atoms with van der Waals surface area (Å²) in [5.41, 5.74) is 0.923. The zero-order valence-corrected chi connectivity index (χ0v) is 17.0. The zero-order chi connectivity index (χ0) is 20.4. The molecule has 28 heavy (non-hydrogen) atoms. The van der Waals surface area contributed by atoms with E-state index in [1.807, 2.05) is 25.1 Å². The molecular weight excluding hydrogens is 362 g/mol. The molecule has 1 aromatic heterocycles. The van der Waals surface area contributed by atoms with Crippen molar-refractivity contribution in [2.75, 3.05) is 27.4 Å². The van der Waals surface area contributed by atoms with Gasteiger partial charge in [-0.05, 0) is 31.0 Å². The first kappa shape index (κ1) is 21.7. The van der Waals surface area contributed by atoms with E-state index in [9.17, 15) is 4.79 Å². The van der Waals surface area contributed by atoms with Crippen molar-refractivity contribution >= 4 is 5.91 Å². The standard InChI is InChI=1S/C20H29N3O5/c1-5-6-18-22-20(28-23-18)10-9-19(24)21-14(2)15-7-8-16(17(13-15)26-4)27-12-11-25-3/h7-8,13-14H,5-6,9-12H2,1-4H3,(H,21,24). The van der Waals surface area contributed by atoms with Gasteiger partial charge in [-0.15, -0.1) is 0 Å². The summed E-state index contributed by atoms with van der Waals surface area (Å²) >= 11 is 0. The molecule has 154 valence electrons. The van der Waals surface area contributed by atoms with Crippen LogP contribution in [-0.4, -0.2) is 43.5 Å². The Kier molecular flexibility index (Phi) is 8.74. The van der Waals surface area contributed by atoms with Crippen LogP contribution in [0.3, 0.4) is 0 Å². The summed E-state index contributed by atoms with van der Waals surface area (Å²) in [5.74, 6) is 2.35. The van der Waals surface area contributed by atoms with Gasteiger partial charge in [0, 0.05) is 26.4 Å². The number of carbonyl (C=O) groups excluding carboxylic acids is 1. The lowest BCUT2D eigenvalue weighted by molar-refractivity contribution is -0.121. The second kappa shape index (κ2) is 11.3. The minimum atomic E-state index is -0.173. The van der Waals surface area contributed by atoms with Crippen LogP contribution < -0.4 is 14.8 Å². The maximum Gasteiger partial charge on any atom is 0.227 e. The fourth-order valence-electron chi connectivity index (χ4n) is 2.64. The highest BCUT2D eigenvalue weighted by atomic mass is 16.5. The number of nitrogens with one attached hydrogen (secondary N) is 1. The predicted octanol–water partition coefficient (Wildman–Crippen LogP) is 2.87. The Morgan fingerprint density at radius 3 is 2.75 bits per heavy atom. The highest BCUT2D eigenvalue weighted by Gasteiger charge is 2.14. The van der Waals surface area contributed by atoms with Gasteiger partial charge in [0.2, 0.25) is 11.8 Å². The van der Waals surface area contributed by atoms with Crippen LogP contribution in [0.1, 0.15) is 50.0 Å². The molecule has 1 heterocycles. The number of methoxy groups -OCH3 is 2. The van der Waals surface area contributed by atoms with E-state index in [0.717, 1.165) is 18.4 Å². The van der Waals surface area contributed by atoms with E-state index in [2.05, 4.69) is 22.4 Å². The summed E-state index contributed by atoms with van der Waals surface area (Å²) in [6, 6.07) is 5.43. The molecule has 0 spiro atoms. The van der Waals surface area contributed by atoms with E-state index in [1.54, 1.807) is 14.2 Å². The van der Waals surface area contributed by atoms with E-state index in [4.69, 9.17) is 18.7 Å². The van der Waals surface area contributed by atoms with Crippen molar-refractivity contribution in [3.05, 3.63) is 35.5 Å². The summed E-state index contributed by atoms with van der Waals surface area (Å²) in [7, 11) is 3.21. The van der Waals surface area contributed by atoms with Gasteiger partial charge in [0.05, 0.1) is 19.8 Å². The van der Waals surface area contributed by atoms with Crippen LogP contribution in [-0.2, 0) is 22.4 Å². The molecule has 1 atom stereocenters. The van der Waals surface area contributed by atoms with Crippen LogP contribution >= 0.6 is 0 Å². The average molecular weight is 391 g/mol. The molecular formula is C20H29N3O5. The fraction of sp³-hybridized carbons (Fsp3) is 0.550. The van der Waals surface area contributed by atoms with Crippen LogP contribution in [0.25, 0.3) is 0 Å². The lowest BCUT2D eigenvalue weighted by Crippen LogP contribution is -2.26. The number of rotatable bonds is 12. The average Bonchev–Trinajstić information content (AvgIpc) is 3.14. The van der Waals surface area contributed by atoms with Crippen molar-refractivity contribution in [3.8, 4) is 11.5 Å². The molecule has 1 amide bonds. The van der Waals surface area contributed by atoms with Crippen molar-refractivity contribution in [1.82, 2.24) is 15.5 Å². The number of aromatic nitrogens is 2. The zero-order valence-electron chi connectivity index (χ0n) is 17.0. The fourth-order valence-corrected chi connectivity index (χ4v) is 2.64. The molecule has 1 N–H and O–H groups in total. The summed E-state index contributed by atoms with van der Waals surface area (Å²) in [6.07, 6.45) is 2.44. The van der Waals surface area contributed by atoms with Crippen LogP contribution in [0.5, 0.6) is 11.5 Å². The van der Waals surface area contributed by atoms with Crippen LogP contribution in [0, 0.1) is 0 Å². The number of benzene rings is 1. The summed E-state index contributed by atoms with van der Waals surface area (Å²) in [5, 5.41) is 6.87. The van der Waals surface area contributed by atoms with E-state index >= 15 is 0 Å². The van der Waals surface area contributed by atoms with Gasteiger partial charge in [0.25, 0.3) is 0 Å². The van der Waals surface area contributed by atoms with Gasteiger partial charge in [-0.3, -0.25) is 4.79 Å². The van der Waals surface area contributed by atoms with Gasteiger partial charge < -0.3 is 24.1 Å². The van der Waals surface area contributed by atoms with Crippen molar-refractivity contribution in [1.29, 1.82) is 0 Å². The van der Waals surface area contributed by atoms with E-state index in [-0.39, 0.29) is 18.4 Å². The van der Waals surface area contributed by atoms with Crippen molar-refractivity contribution in [2.45, 2.75) is 45.6 Å². The maximum absolute atomic E-state index is 12.3. The highest BCUT2D eigenvalue weighted by molar-refractivity contribution is 5.76. The third-order valence-corrected chi connectivity index (χ3v) is 4.16. The first-order valence-corrected chi connectivity index (χ1v) is 9.47. The lowest BCUT2D eigenvalue weighted by atomic mass is 10.1.